The number of carboxylic acids is 1. The summed E-state index contributed by atoms with van der Waals surface area (Å²) in [5.41, 5.74) is 1.78. The number of rotatable bonds is 8. The van der Waals surface area contributed by atoms with Crippen molar-refractivity contribution < 1.29 is 18.3 Å². The third-order valence-corrected chi connectivity index (χ3v) is 6.83. The summed E-state index contributed by atoms with van der Waals surface area (Å²) in [4.78, 5) is 11.6. The Morgan fingerprint density at radius 3 is 2.59 bits per heavy atom. The van der Waals surface area contributed by atoms with Gasteiger partial charge in [-0.1, -0.05) is 24.5 Å². The highest BCUT2D eigenvalue weighted by Gasteiger charge is 2.21. The first-order valence-corrected chi connectivity index (χ1v) is 11.3. The summed E-state index contributed by atoms with van der Waals surface area (Å²) in [5, 5.41) is 12.8. The van der Waals surface area contributed by atoms with Crippen LogP contribution in [0.2, 0.25) is 0 Å². The highest BCUT2D eigenvalue weighted by molar-refractivity contribution is 7.89. The molecule has 0 amide bonds. The second-order valence-electron chi connectivity index (χ2n) is 7.39. The first-order chi connectivity index (χ1) is 13.0. The van der Waals surface area contributed by atoms with E-state index in [9.17, 15) is 18.3 Å². The maximum absolute atomic E-state index is 12.6. The van der Waals surface area contributed by atoms with Crippen LogP contribution in [0, 0.1) is 0 Å². The molecule has 0 unspecified atom stereocenters. The van der Waals surface area contributed by atoms with Crippen molar-refractivity contribution in [3.8, 4) is 0 Å². The van der Waals surface area contributed by atoms with Crippen LogP contribution in [0.4, 0.5) is 5.69 Å². The molecular formula is C20H28N2O4S. The van der Waals surface area contributed by atoms with Crippen molar-refractivity contribution in [3.05, 3.63) is 35.4 Å². The lowest BCUT2D eigenvalue weighted by Crippen LogP contribution is -2.26. The zero-order chi connectivity index (χ0) is 19.3. The molecule has 0 aromatic heterocycles. The van der Waals surface area contributed by atoms with Crippen LogP contribution < -0.4 is 10.0 Å². The summed E-state index contributed by atoms with van der Waals surface area (Å²) in [6.07, 6.45) is 11.7. The van der Waals surface area contributed by atoms with Crippen molar-refractivity contribution in [3.63, 3.8) is 0 Å². The number of hydrogen-bond donors (Lipinski definition) is 3. The number of allylic oxidation sites excluding steroid dienone is 1. The summed E-state index contributed by atoms with van der Waals surface area (Å²) in [6.45, 7) is 0.332. The highest BCUT2D eigenvalue weighted by Crippen LogP contribution is 2.26. The molecule has 2 aliphatic rings. The molecule has 0 atom stereocenters. The molecule has 0 heterocycles. The van der Waals surface area contributed by atoms with E-state index in [4.69, 9.17) is 0 Å². The van der Waals surface area contributed by atoms with Gasteiger partial charge in [-0.05, 0) is 63.1 Å². The lowest BCUT2D eigenvalue weighted by molar-refractivity contribution is 0.0697. The van der Waals surface area contributed by atoms with Gasteiger partial charge in [0.1, 0.15) is 0 Å². The van der Waals surface area contributed by atoms with Crippen molar-refractivity contribution in [1.29, 1.82) is 0 Å². The Balaban J connectivity index is 1.69. The minimum atomic E-state index is -3.73. The summed E-state index contributed by atoms with van der Waals surface area (Å²) in [5.74, 6) is -1.13. The van der Waals surface area contributed by atoms with Crippen LogP contribution in [-0.4, -0.2) is 32.1 Å². The maximum Gasteiger partial charge on any atom is 0.337 e. The van der Waals surface area contributed by atoms with Gasteiger partial charge < -0.3 is 10.4 Å². The van der Waals surface area contributed by atoms with Crippen LogP contribution in [0.1, 0.15) is 68.1 Å². The minimum absolute atomic E-state index is 0.000219. The number of hydrogen-bond acceptors (Lipinski definition) is 4. The topological polar surface area (TPSA) is 95.5 Å². The molecule has 0 bridgehead atoms. The predicted molar refractivity (Wildman–Crippen MR) is 106 cm³/mol. The molecule has 148 valence electrons. The summed E-state index contributed by atoms with van der Waals surface area (Å²) in [6, 6.07) is 4.56. The number of sulfonamides is 1. The van der Waals surface area contributed by atoms with Crippen molar-refractivity contribution in [2.75, 3.05) is 11.9 Å². The van der Waals surface area contributed by atoms with Gasteiger partial charge >= 0.3 is 5.97 Å². The van der Waals surface area contributed by atoms with Gasteiger partial charge in [0.05, 0.1) is 10.5 Å². The van der Waals surface area contributed by atoms with Crippen LogP contribution in [-0.2, 0) is 10.0 Å². The SMILES string of the molecule is O=C(O)c1cc(S(=O)(=O)NCCC2=CCCCC2)ccc1NC1CCCC1. The quantitative estimate of drug-likeness (QED) is 0.583. The first kappa shape index (κ1) is 19.9. The Hall–Kier alpha value is -1.86. The fourth-order valence-electron chi connectivity index (χ4n) is 3.84. The van der Waals surface area contributed by atoms with Crippen LogP contribution in [0.3, 0.4) is 0 Å². The molecule has 0 aliphatic heterocycles. The van der Waals surface area contributed by atoms with Crippen molar-refractivity contribution in [2.45, 2.75) is 68.7 Å². The zero-order valence-corrected chi connectivity index (χ0v) is 16.4. The van der Waals surface area contributed by atoms with E-state index < -0.39 is 16.0 Å². The van der Waals surface area contributed by atoms with E-state index in [1.165, 1.54) is 24.1 Å². The molecule has 0 spiro atoms. The Bertz CT molecular complexity index is 811. The van der Waals surface area contributed by atoms with Gasteiger partial charge in [0.25, 0.3) is 0 Å². The number of carboxylic acid groups (broad SMARTS) is 1. The molecule has 0 radical (unpaired) electrons. The average Bonchev–Trinajstić information content (AvgIpc) is 3.15. The molecule has 3 rings (SSSR count). The Morgan fingerprint density at radius 2 is 1.93 bits per heavy atom. The molecule has 1 fully saturated rings. The second kappa shape index (κ2) is 8.89. The first-order valence-electron chi connectivity index (χ1n) is 9.77. The Morgan fingerprint density at radius 1 is 1.15 bits per heavy atom. The van der Waals surface area contributed by atoms with E-state index >= 15 is 0 Å². The second-order valence-corrected chi connectivity index (χ2v) is 9.16. The van der Waals surface area contributed by atoms with Crippen molar-refractivity contribution in [2.24, 2.45) is 0 Å². The van der Waals surface area contributed by atoms with Gasteiger partial charge in [-0.3, -0.25) is 0 Å². The van der Waals surface area contributed by atoms with Crippen LogP contribution in [0.15, 0.2) is 34.7 Å². The Labute approximate surface area is 161 Å². The van der Waals surface area contributed by atoms with E-state index in [-0.39, 0.29) is 16.5 Å². The van der Waals surface area contributed by atoms with Gasteiger partial charge in [-0.25, -0.2) is 17.9 Å². The van der Waals surface area contributed by atoms with Gasteiger partial charge in [0.15, 0.2) is 0 Å². The monoisotopic (exact) mass is 392 g/mol. The van der Waals surface area contributed by atoms with Crippen molar-refractivity contribution in [1.82, 2.24) is 4.72 Å². The molecule has 1 saturated carbocycles. The van der Waals surface area contributed by atoms with Crippen molar-refractivity contribution >= 4 is 21.7 Å². The third kappa shape index (κ3) is 5.32. The molecule has 3 N–H and O–H groups in total. The van der Waals surface area contributed by atoms with Crippen LogP contribution >= 0.6 is 0 Å². The summed E-state index contributed by atoms with van der Waals surface area (Å²) in [7, 11) is -3.73. The molecule has 7 heteroatoms. The molecule has 1 aromatic rings. The Kier molecular flexibility index (Phi) is 6.55. The number of benzene rings is 1. The lowest BCUT2D eigenvalue weighted by atomic mass is 9.97. The predicted octanol–water partition coefficient (Wildman–Crippen LogP) is 3.91. The minimum Gasteiger partial charge on any atom is -0.478 e. The molecule has 0 saturated heterocycles. The maximum atomic E-state index is 12.6. The zero-order valence-electron chi connectivity index (χ0n) is 15.5. The van der Waals surface area contributed by atoms with Gasteiger partial charge in [0.2, 0.25) is 10.0 Å². The largest absolute Gasteiger partial charge is 0.478 e. The fourth-order valence-corrected chi connectivity index (χ4v) is 4.90. The highest BCUT2D eigenvalue weighted by atomic mass is 32.2. The number of aromatic carboxylic acids is 1. The average molecular weight is 393 g/mol. The summed E-state index contributed by atoms with van der Waals surface area (Å²) >= 11 is 0. The smallest absolute Gasteiger partial charge is 0.337 e. The fraction of sp³-hybridized carbons (Fsp3) is 0.550. The molecule has 27 heavy (non-hydrogen) atoms. The van der Waals surface area contributed by atoms with E-state index in [0.29, 0.717) is 18.7 Å². The number of anilines is 1. The van der Waals surface area contributed by atoms with E-state index in [1.54, 1.807) is 6.07 Å². The molecular weight excluding hydrogens is 364 g/mol. The molecule has 6 nitrogen and oxygen atoms in total. The normalized spacial score (nSPS) is 18.3. The standard InChI is InChI=1S/C20H28N2O4S/c23-20(24)18-14-17(10-11-19(18)22-16-8-4-5-9-16)27(25,26)21-13-12-15-6-2-1-3-7-15/h6,10-11,14,16,21-22H,1-5,7-9,12-13H2,(H,23,24). The third-order valence-electron chi connectivity index (χ3n) is 5.37. The van der Waals surface area contributed by atoms with Gasteiger partial charge in [-0.15, -0.1) is 0 Å². The van der Waals surface area contributed by atoms with Gasteiger partial charge in [0, 0.05) is 18.3 Å². The van der Waals surface area contributed by atoms with E-state index in [2.05, 4.69) is 16.1 Å². The lowest BCUT2D eigenvalue weighted by Gasteiger charge is -2.17. The summed E-state index contributed by atoms with van der Waals surface area (Å²) < 4.78 is 27.7. The van der Waals surface area contributed by atoms with E-state index in [1.807, 2.05) is 0 Å². The number of nitrogens with one attached hydrogen (secondary N) is 2. The molecule has 2 aliphatic carbocycles. The number of carbonyl (C=O) groups is 1. The van der Waals surface area contributed by atoms with Crippen LogP contribution in [0.25, 0.3) is 0 Å². The van der Waals surface area contributed by atoms with E-state index in [0.717, 1.165) is 44.9 Å². The van der Waals surface area contributed by atoms with Crippen LogP contribution in [0.5, 0.6) is 0 Å². The van der Waals surface area contributed by atoms with Gasteiger partial charge in [-0.2, -0.15) is 0 Å². The molecule has 1 aromatic carbocycles.